The molecule has 9 heteroatoms. The van der Waals surface area contributed by atoms with Gasteiger partial charge in [0.05, 0.1) is 13.3 Å². The second-order valence-electron chi connectivity index (χ2n) is 7.31. The predicted octanol–water partition coefficient (Wildman–Crippen LogP) is 3.02. The number of rotatable bonds is 4. The van der Waals surface area contributed by atoms with E-state index in [1.54, 1.807) is 57.4 Å². The van der Waals surface area contributed by atoms with Crippen molar-refractivity contribution >= 4 is 23.5 Å². The van der Waals surface area contributed by atoms with Gasteiger partial charge in [0, 0.05) is 11.8 Å². The highest BCUT2D eigenvalue weighted by atomic mass is 16.6. The SMILES string of the molecule is COC(=O)CN(C(=O)OC(C)(C)C)c1ccn2ncc(-c3cccc(O)c3)c2n1. The molecule has 0 saturated carbocycles. The van der Waals surface area contributed by atoms with E-state index < -0.39 is 17.7 Å². The molecule has 0 aliphatic rings. The minimum atomic E-state index is -0.751. The molecular formula is C20H22N4O5. The fourth-order valence-corrected chi connectivity index (χ4v) is 2.64. The highest BCUT2D eigenvalue weighted by Gasteiger charge is 2.27. The number of phenols is 1. The number of hydrogen-bond acceptors (Lipinski definition) is 7. The first-order chi connectivity index (χ1) is 13.7. The monoisotopic (exact) mass is 398 g/mol. The Morgan fingerprint density at radius 3 is 2.66 bits per heavy atom. The van der Waals surface area contributed by atoms with Gasteiger partial charge in [-0.05, 0) is 44.5 Å². The standard InChI is InChI=1S/C20H22N4O5/c1-20(2,3)29-19(27)23(12-17(26)28-4)16-8-9-24-18(22-16)15(11-21-24)13-6-5-7-14(25)10-13/h5-11,25H,12H2,1-4H3. The minimum absolute atomic E-state index is 0.110. The number of methoxy groups -OCH3 is 1. The first-order valence-electron chi connectivity index (χ1n) is 8.89. The van der Waals surface area contributed by atoms with Crippen LogP contribution in [0.2, 0.25) is 0 Å². The Labute approximate surface area is 167 Å². The molecule has 29 heavy (non-hydrogen) atoms. The first kappa shape index (κ1) is 20.1. The summed E-state index contributed by atoms with van der Waals surface area (Å²) in [4.78, 5) is 30.2. The molecule has 0 aliphatic heterocycles. The first-order valence-corrected chi connectivity index (χ1v) is 8.89. The van der Waals surface area contributed by atoms with E-state index in [4.69, 9.17) is 9.47 Å². The Hall–Kier alpha value is -3.62. The summed E-state index contributed by atoms with van der Waals surface area (Å²) in [5.74, 6) is -0.294. The third-order valence-electron chi connectivity index (χ3n) is 3.92. The van der Waals surface area contributed by atoms with E-state index in [0.29, 0.717) is 16.8 Å². The molecule has 0 unspecified atom stereocenters. The number of ether oxygens (including phenoxy) is 2. The largest absolute Gasteiger partial charge is 0.508 e. The zero-order chi connectivity index (χ0) is 21.2. The third-order valence-corrected chi connectivity index (χ3v) is 3.92. The van der Waals surface area contributed by atoms with Crippen molar-refractivity contribution in [1.29, 1.82) is 0 Å². The molecule has 0 spiro atoms. The van der Waals surface area contributed by atoms with E-state index in [1.165, 1.54) is 11.6 Å². The molecule has 2 heterocycles. The summed E-state index contributed by atoms with van der Waals surface area (Å²) in [5, 5.41) is 14.0. The molecule has 0 bridgehead atoms. The normalized spacial score (nSPS) is 11.3. The van der Waals surface area contributed by atoms with Gasteiger partial charge in [0.1, 0.15) is 23.7 Å². The summed E-state index contributed by atoms with van der Waals surface area (Å²) in [6, 6.07) is 8.23. The van der Waals surface area contributed by atoms with Crippen LogP contribution >= 0.6 is 0 Å². The molecule has 0 atom stereocenters. The molecule has 0 aliphatic carbocycles. The fraction of sp³-hybridized carbons (Fsp3) is 0.300. The maximum Gasteiger partial charge on any atom is 0.416 e. The predicted molar refractivity (Wildman–Crippen MR) is 106 cm³/mol. The average molecular weight is 398 g/mol. The van der Waals surface area contributed by atoms with E-state index in [-0.39, 0.29) is 18.1 Å². The Morgan fingerprint density at radius 2 is 2.00 bits per heavy atom. The maximum atomic E-state index is 12.7. The highest BCUT2D eigenvalue weighted by Crippen LogP contribution is 2.27. The molecule has 9 nitrogen and oxygen atoms in total. The van der Waals surface area contributed by atoms with Crippen LogP contribution in [-0.4, -0.2) is 51.0 Å². The number of esters is 1. The number of carbonyl (C=O) groups is 2. The molecule has 0 saturated heterocycles. The van der Waals surface area contributed by atoms with Crippen LogP contribution in [0.1, 0.15) is 20.8 Å². The minimum Gasteiger partial charge on any atom is -0.508 e. The fourth-order valence-electron chi connectivity index (χ4n) is 2.64. The average Bonchev–Trinajstić information content (AvgIpc) is 3.07. The maximum absolute atomic E-state index is 12.7. The number of aromatic hydroxyl groups is 1. The van der Waals surface area contributed by atoms with Gasteiger partial charge in [0.2, 0.25) is 0 Å². The molecule has 0 fully saturated rings. The van der Waals surface area contributed by atoms with E-state index in [9.17, 15) is 14.7 Å². The lowest BCUT2D eigenvalue weighted by molar-refractivity contribution is -0.139. The van der Waals surface area contributed by atoms with Crippen LogP contribution in [0.5, 0.6) is 5.75 Å². The number of hydrogen-bond donors (Lipinski definition) is 1. The van der Waals surface area contributed by atoms with E-state index >= 15 is 0 Å². The zero-order valence-electron chi connectivity index (χ0n) is 16.6. The molecule has 2 aromatic heterocycles. The van der Waals surface area contributed by atoms with Crippen LogP contribution in [-0.2, 0) is 14.3 Å². The smallest absolute Gasteiger partial charge is 0.416 e. The number of aromatic nitrogens is 3. The Bertz CT molecular complexity index is 1050. The summed E-state index contributed by atoms with van der Waals surface area (Å²) in [7, 11) is 1.24. The number of nitrogens with zero attached hydrogens (tertiary/aromatic N) is 4. The van der Waals surface area contributed by atoms with Crippen molar-refractivity contribution in [2.45, 2.75) is 26.4 Å². The molecule has 1 N–H and O–H groups in total. The van der Waals surface area contributed by atoms with Crippen molar-refractivity contribution in [3.63, 3.8) is 0 Å². The van der Waals surface area contributed by atoms with Gasteiger partial charge in [-0.2, -0.15) is 5.10 Å². The lowest BCUT2D eigenvalue weighted by atomic mass is 10.1. The van der Waals surface area contributed by atoms with Crippen LogP contribution in [0.15, 0.2) is 42.7 Å². The second kappa shape index (κ2) is 7.78. The van der Waals surface area contributed by atoms with Crippen molar-refractivity contribution in [3.8, 4) is 16.9 Å². The quantitative estimate of drug-likeness (QED) is 0.673. The van der Waals surface area contributed by atoms with Crippen molar-refractivity contribution in [2.24, 2.45) is 0 Å². The van der Waals surface area contributed by atoms with Gasteiger partial charge in [0.15, 0.2) is 5.65 Å². The molecule has 1 amide bonds. The van der Waals surface area contributed by atoms with E-state index in [0.717, 1.165) is 4.90 Å². The summed E-state index contributed by atoms with van der Waals surface area (Å²) < 4.78 is 11.6. The van der Waals surface area contributed by atoms with Crippen molar-refractivity contribution in [2.75, 3.05) is 18.6 Å². The molecule has 0 radical (unpaired) electrons. The van der Waals surface area contributed by atoms with Gasteiger partial charge < -0.3 is 14.6 Å². The second-order valence-corrected chi connectivity index (χ2v) is 7.31. The van der Waals surface area contributed by atoms with Crippen molar-refractivity contribution in [1.82, 2.24) is 14.6 Å². The lowest BCUT2D eigenvalue weighted by Crippen LogP contribution is -2.40. The number of fused-ring (bicyclic) bond motifs is 1. The Balaban J connectivity index is 2.05. The van der Waals surface area contributed by atoms with Crippen molar-refractivity contribution in [3.05, 3.63) is 42.7 Å². The van der Waals surface area contributed by atoms with Crippen LogP contribution in [0.3, 0.4) is 0 Å². The van der Waals surface area contributed by atoms with Gasteiger partial charge in [-0.1, -0.05) is 12.1 Å². The van der Waals surface area contributed by atoms with Crippen LogP contribution in [0.4, 0.5) is 10.6 Å². The van der Waals surface area contributed by atoms with Gasteiger partial charge in [-0.15, -0.1) is 0 Å². The number of anilines is 1. The van der Waals surface area contributed by atoms with Crippen LogP contribution in [0.25, 0.3) is 16.8 Å². The number of amides is 1. The van der Waals surface area contributed by atoms with Gasteiger partial charge in [-0.3, -0.25) is 9.69 Å². The van der Waals surface area contributed by atoms with Crippen LogP contribution in [0, 0.1) is 0 Å². The zero-order valence-corrected chi connectivity index (χ0v) is 16.6. The molecule has 152 valence electrons. The van der Waals surface area contributed by atoms with Crippen molar-refractivity contribution < 1.29 is 24.2 Å². The molecule has 3 aromatic rings. The number of benzene rings is 1. The van der Waals surface area contributed by atoms with Crippen LogP contribution < -0.4 is 4.90 Å². The molecular weight excluding hydrogens is 376 g/mol. The molecule has 3 rings (SSSR count). The topological polar surface area (TPSA) is 106 Å². The number of carbonyl (C=O) groups excluding carboxylic acids is 2. The summed E-state index contributed by atoms with van der Waals surface area (Å²) in [5.41, 5.74) is 1.07. The molecule has 1 aromatic carbocycles. The summed E-state index contributed by atoms with van der Waals surface area (Å²) in [6.07, 6.45) is 2.51. The van der Waals surface area contributed by atoms with E-state index in [2.05, 4.69) is 10.1 Å². The third kappa shape index (κ3) is 4.63. The Kier molecular flexibility index (Phi) is 5.40. The van der Waals surface area contributed by atoms with Gasteiger partial charge in [-0.25, -0.2) is 14.3 Å². The number of phenolic OH excluding ortho intramolecular Hbond substituents is 1. The van der Waals surface area contributed by atoms with E-state index in [1.807, 2.05) is 6.07 Å². The highest BCUT2D eigenvalue weighted by molar-refractivity contribution is 5.93. The summed E-state index contributed by atoms with van der Waals surface area (Å²) >= 11 is 0. The van der Waals surface area contributed by atoms with Gasteiger partial charge in [0.25, 0.3) is 0 Å². The Morgan fingerprint density at radius 1 is 1.24 bits per heavy atom. The van der Waals surface area contributed by atoms with Gasteiger partial charge >= 0.3 is 12.1 Å². The lowest BCUT2D eigenvalue weighted by Gasteiger charge is -2.26. The summed E-state index contributed by atoms with van der Waals surface area (Å²) in [6.45, 7) is 4.84.